The van der Waals surface area contributed by atoms with E-state index in [4.69, 9.17) is 33.4 Å². The number of hydrogen-bond acceptors (Lipinski definition) is 4. The van der Waals surface area contributed by atoms with Crippen LogP contribution in [0.25, 0.3) is 16.9 Å². The molecule has 0 aliphatic heterocycles. The molecule has 0 radical (unpaired) electrons. The van der Waals surface area contributed by atoms with E-state index in [1.807, 2.05) is 0 Å². The van der Waals surface area contributed by atoms with Gasteiger partial charge in [0.1, 0.15) is 5.52 Å². The van der Waals surface area contributed by atoms with Crippen LogP contribution in [0.5, 0.6) is 0 Å². The molecular formula is C12H7Cl2N3O2. The molecule has 19 heavy (non-hydrogen) atoms. The lowest BCUT2D eigenvalue weighted by atomic mass is 10.2. The highest BCUT2D eigenvalue weighted by molar-refractivity contribution is 6.38. The minimum atomic E-state index is -0.609. The number of nitrogens with zero attached hydrogens (tertiary/aromatic N) is 2. The highest BCUT2D eigenvalue weighted by Gasteiger charge is 2.17. The van der Waals surface area contributed by atoms with E-state index in [1.54, 1.807) is 12.1 Å². The van der Waals surface area contributed by atoms with Crippen LogP contribution in [-0.4, -0.2) is 9.55 Å². The molecule has 0 amide bonds. The summed E-state index contributed by atoms with van der Waals surface area (Å²) in [6, 6.07) is 6.41. The van der Waals surface area contributed by atoms with Crippen molar-refractivity contribution < 1.29 is 4.42 Å². The Morgan fingerprint density at radius 3 is 2.63 bits per heavy atom. The lowest BCUT2D eigenvalue weighted by molar-refractivity contribution is 0.532. The summed E-state index contributed by atoms with van der Waals surface area (Å²) in [6.07, 6.45) is 1.53. The van der Waals surface area contributed by atoms with E-state index in [2.05, 4.69) is 4.98 Å². The minimum Gasteiger partial charge on any atom is -0.399 e. The van der Waals surface area contributed by atoms with Crippen LogP contribution in [0.3, 0.4) is 0 Å². The van der Waals surface area contributed by atoms with Gasteiger partial charge in [-0.25, -0.2) is 14.3 Å². The molecule has 0 atom stereocenters. The Kier molecular flexibility index (Phi) is 2.73. The molecular weight excluding hydrogens is 289 g/mol. The fourth-order valence-electron chi connectivity index (χ4n) is 1.87. The van der Waals surface area contributed by atoms with Crippen LogP contribution < -0.4 is 11.5 Å². The van der Waals surface area contributed by atoms with Crippen LogP contribution in [-0.2, 0) is 0 Å². The maximum Gasteiger partial charge on any atom is 0.426 e. The maximum atomic E-state index is 11.9. The van der Waals surface area contributed by atoms with Crippen LogP contribution in [0.15, 0.2) is 39.7 Å². The van der Waals surface area contributed by atoms with Gasteiger partial charge in [0, 0.05) is 11.9 Å². The quantitative estimate of drug-likeness (QED) is 0.701. The third-order valence-corrected chi connectivity index (χ3v) is 3.20. The van der Waals surface area contributed by atoms with E-state index >= 15 is 0 Å². The first-order valence-corrected chi connectivity index (χ1v) is 6.05. The Labute approximate surface area is 117 Å². The van der Waals surface area contributed by atoms with Crippen molar-refractivity contribution in [2.24, 2.45) is 0 Å². The van der Waals surface area contributed by atoms with Gasteiger partial charge < -0.3 is 10.2 Å². The Bertz CT molecular complexity index is 815. The molecule has 0 bridgehead atoms. The normalized spacial score (nSPS) is 11.1. The molecule has 0 saturated heterocycles. The number of halogens is 2. The molecule has 0 saturated carbocycles. The number of hydrogen-bond donors (Lipinski definition) is 1. The number of benzene rings is 1. The van der Waals surface area contributed by atoms with E-state index in [9.17, 15) is 4.79 Å². The molecule has 5 nitrogen and oxygen atoms in total. The summed E-state index contributed by atoms with van der Waals surface area (Å²) >= 11 is 12.2. The van der Waals surface area contributed by atoms with Crippen molar-refractivity contribution in [3.05, 3.63) is 51.1 Å². The molecule has 2 heterocycles. The predicted molar refractivity (Wildman–Crippen MR) is 74.0 cm³/mol. The molecule has 0 unspecified atom stereocenters. The van der Waals surface area contributed by atoms with Gasteiger partial charge in [0.15, 0.2) is 0 Å². The second-order valence-electron chi connectivity index (χ2n) is 3.86. The van der Waals surface area contributed by atoms with Crippen molar-refractivity contribution in [3.63, 3.8) is 0 Å². The number of aromatic nitrogens is 2. The lowest BCUT2D eigenvalue weighted by Gasteiger charge is -2.08. The third kappa shape index (κ3) is 1.87. The number of pyridine rings is 1. The van der Waals surface area contributed by atoms with E-state index in [0.29, 0.717) is 16.9 Å². The van der Waals surface area contributed by atoms with Crippen molar-refractivity contribution >= 4 is 40.1 Å². The van der Waals surface area contributed by atoms with Gasteiger partial charge in [-0.3, -0.25) is 0 Å². The summed E-state index contributed by atoms with van der Waals surface area (Å²) in [6.45, 7) is 0. The summed E-state index contributed by atoms with van der Waals surface area (Å²) in [5, 5.41) is 0.525. The van der Waals surface area contributed by atoms with Gasteiger partial charge in [-0.1, -0.05) is 23.2 Å². The summed E-state index contributed by atoms with van der Waals surface area (Å²) in [7, 11) is 0. The molecule has 3 rings (SSSR count). The van der Waals surface area contributed by atoms with Gasteiger partial charge in [-0.2, -0.15) is 0 Å². The van der Waals surface area contributed by atoms with Gasteiger partial charge in [0.05, 0.1) is 15.7 Å². The minimum absolute atomic E-state index is 0.219. The van der Waals surface area contributed by atoms with E-state index in [-0.39, 0.29) is 15.8 Å². The first-order valence-electron chi connectivity index (χ1n) is 5.29. The molecule has 0 aliphatic carbocycles. The van der Waals surface area contributed by atoms with Crippen molar-refractivity contribution in [1.82, 2.24) is 9.55 Å². The summed E-state index contributed by atoms with van der Waals surface area (Å²) in [4.78, 5) is 15.9. The Balaban J connectivity index is 2.43. The zero-order chi connectivity index (χ0) is 13.6. The number of rotatable bonds is 1. The highest BCUT2D eigenvalue weighted by atomic mass is 35.5. The average molecular weight is 296 g/mol. The Hall–Kier alpha value is -1.98. The average Bonchev–Trinajstić information content (AvgIpc) is 2.65. The molecule has 0 fully saturated rings. The molecule has 2 aromatic heterocycles. The number of oxazole rings is 1. The lowest BCUT2D eigenvalue weighted by Crippen LogP contribution is -2.13. The summed E-state index contributed by atoms with van der Waals surface area (Å²) in [5.74, 6) is -0.609. The summed E-state index contributed by atoms with van der Waals surface area (Å²) < 4.78 is 6.31. The highest BCUT2D eigenvalue weighted by Crippen LogP contribution is 2.32. The Morgan fingerprint density at radius 1 is 1.26 bits per heavy atom. The summed E-state index contributed by atoms with van der Waals surface area (Å²) in [5.41, 5.74) is 7.09. The van der Waals surface area contributed by atoms with Gasteiger partial charge >= 0.3 is 5.76 Å². The molecule has 0 spiro atoms. The van der Waals surface area contributed by atoms with E-state index in [1.165, 1.54) is 22.9 Å². The maximum absolute atomic E-state index is 11.9. The largest absolute Gasteiger partial charge is 0.426 e. The van der Waals surface area contributed by atoms with Crippen molar-refractivity contribution in [1.29, 1.82) is 0 Å². The number of fused-ring (bicyclic) bond motifs is 1. The fourth-order valence-corrected chi connectivity index (χ4v) is 2.54. The number of nitrogen functional groups attached to an aromatic ring is 1. The molecule has 2 N–H and O–H groups in total. The predicted octanol–water partition coefficient (Wildman–Crippen LogP) is 2.87. The van der Waals surface area contributed by atoms with Gasteiger partial charge in [-0.05, 0) is 24.3 Å². The SMILES string of the molecule is Nc1cc(Cl)c(-n2c(=O)oc3ncccc32)c(Cl)c1. The van der Waals surface area contributed by atoms with E-state index in [0.717, 1.165) is 0 Å². The zero-order valence-corrected chi connectivity index (χ0v) is 10.9. The fraction of sp³-hybridized carbons (Fsp3) is 0. The van der Waals surface area contributed by atoms with E-state index < -0.39 is 5.76 Å². The number of anilines is 1. The molecule has 96 valence electrons. The van der Waals surface area contributed by atoms with Crippen LogP contribution in [0.4, 0.5) is 5.69 Å². The van der Waals surface area contributed by atoms with Crippen LogP contribution in [0.2, 0.25) is 10.0 Å². The van der Waals surface area contributed by atoms with Gasteiger partial charge in [-0.15, -0.1) is 0 Å². The second kappa shape index (κ2) is 4.29. The van der Waals surface area contributed by atoms with Gasteiger partial charge in [0.25, 0.3) is 0 Å². The van der Waals surface area contributed by atoms with Crippen molar-refractivity contribution in [2.75, 3.05) is 5.73 Å². The van der Waals surface area contributed by atoms with Gasteiger partial charge in [0.2, 0.25) is 5.71 Å². The number of nitrogens with two attached hydrogens (primary N) is 1. The van der Waals surface area contributed by atoms with Crippen LogP contribution >= 0.6 is 23.2 Å². The van der Waals surface area contributed by atoms with Crippen molar-refractivity contribution in [2.45, 2.75) is 0 Å². The zero-order valence-electron chi connectivity index (χ0n) is 9.43. The standard InChI is InChI=1S/C12H7Cl2N3O2/c13-7-4-6(15)5-8(14)10(7)17-9-2-1-3-16-11(9)19-12(17)18/h1-5H,15H2. The Morgan fingerprint density at radius 2 is 1.95 bits per heavy atom. The second-order valence-corrected chi connectivity index (χ2v) is 4.68. The topological polar surface area (TPSA) is 74.0 Å². The third-order valence-electron chi connectivity index (χ3n) is 2.62. The first kappa shape index (κ1) is 12.1. The van der Waals surface area contributed by atoms with Crippen molar-refractivity contribution in [3.8, 4) is 5.69 Å². The van der Waals surface area contributed by atoms with Crippen LogP contribution in [0, 0.1) is 0 Å². The smallest absolute Gasteiger partial charge is 0.399 e. The molecule has 7 heteroatoms. The molecule has 3 aromatic rings. The molecule has 1 aromatic carbocycles. The molecule has 0 aliphatic rings. The first-order chi connectivity index (χ1) is 9.08. The van der Waals surface area contributed by atoms with Crippen LogP contribution in [0.1, 0.15) is 0 Å². The monoisotopic (exact) mass is 295 g/mol.